The second kappa shape index (κ2) is 7.14. The average Bonchev–Trinajstić information content (AvgIpc) is 3.06. The zero-order chi connectivity index (χ0) is 17.9. The van der Waals surface area contributed by atoms with E-state index in [1.54, 1.807) is 24.5 Å². The second-order valence-electron chi connectivity index (χ2n) is 6.12. The fraction of sp³-hybridized carbons (Fsp3) is 0.0870. The van der Waals surface area contributed by atoms with Crippen molar-refractivity contribution in [3.05, 3.63) is 100 Å². The lowest BCUT2D eigenvalue weighted by Gasteiger charge is -2.07. The number of benzene rings is 3. The molecule has 4 rings (SSSR count). The van der Waals surface area contributed by atoms with Crippen molar-refractivity contribution in [2.75, 3.05) is 7.11 Å². The molecule has 1 aromatic heterocycles. The Morgan fingerprint density at radius 1 is 0.923 bits per heavy atom. The molecule has 0 fully saturated rings. The van der Waals surface area contributed by atoms with Gasteiger partial charge in [0.05, 0.1) is 7.11 Å². The van der Waals surface area contributed by atoms with Gasteiger partial charge in [-0.05, 0) is 23.8 Å². The van der Waals surface area contributed by atoms with Crippen molar-refractivity contribution in [1.82, 2.24) is 0 Å². The number of hydrogen-bond donors (Lipinski definition) is 0. The Hall–Kier alpha value is -2.91. The highest BCUT2D eigenvalue weighted by atomic mass is 32.1. The predicted molar refractivity (Wildman–Crippen MR) is 107 cm³/mol. The van der Waals surface area contributed by atoms with Crippen LogP contribution in [0.5, 0.6) is 5.75 Å². The molecule has 128 valence electrons. The molecule has 0 unspecified atom stereocenters. The number of carbonyl (C=O) groups is 1. The van der Waals surface area contributed by atoms with Gasteiger partial charge in [-0.3, -0.25) is 4.79 Å². The number of rotatable bonds is 5. The molecule has 0 saturated heterocycles. The summed E-state index contributed by atoms with van der Waals surface area (Å²) in [6.45, 7) is 0. The Bertz CT molecular complexity index is 1060. The van der Waals surface area contributed by atoms with E-state index >= 15 is 0 Å². The molecular weight excluding hydrogens is 340 g/mol. The maximum atomic E-state index is 13.4. The number of ketones is 1. The van der Waals surface area contributed by atoms with Gasteiger partial charge in [0.2, 0.25) is 0 Å². The van der Waals surface area contributed by atoms with Crippen molar-refractivity contribution in [2.45, 2.75) is 6.42 Å². The van der Waals surface area contributed by atoms with Crippen LogP contribution >= 0.6 is 11.3 Å². The van der Waals surface area contributed by atoms with E-state index in [-0.39, 0.29) is 5.78 Å². The Kier molecular flexibility index (Phi) is 4.55. The van der Waals surface area contributed by atoms with Crippen molar-refractivity contribution in [1.29, 1.82) is 0 Å². The minimum atomic E-state index is 0.0484. The zero-order valence-corrected chi connectivity index (χ0v) is 15.3. The molecule has 1 heterocycles. The minimum absolute atomic E-state index is 0.0484. The molecule has 0 aliphatic heterocycles. The third kappa shape index (κ3) is 3.14. The maximum Gasteiger partial charge on any atom is 0.194 e. The van der Waals surface area contributed by atoms with E-state index < -0.39 is 0 Å². The lowest BCUT2D eigenvalue weighted by molar-refractivity contribution is 0.103. The smallest absolute Gasteiger partial charge is 0.194 e. The molecule has 3 aromatic carbocycles. The summed E-state index contributed by atoms with van der Waals surface area (Å²) >= 11 is 1.70. The van der Waals surface area contributed by atoms with Gasteiger partial charge in [-0.1, -0.05) is 60.7 Å². The Balaban J connectivity index is 1.84. The molecule has 0 N–H and O–H groups in total. The van der Waals surface area contributed by atoms with Crippen LogP contribution in [0.25, 0.3) is 10.1 Å². The van der Waals surface area contributed by atoms with E-state index in [4.69, 9.17) is 4.74 Å². The third-order valence-electron chi connectivity index (χ3n) is 4.43. The van der Waals surface area contributed by atoms with Gasteiger partial charge < -0.3 is 4.74 Å². The van der Waals surface area contributed by atoms with Gasteiger partial charge in [0.25, 0.3) is 0 Å². The van der Waals surface area contributed by atoms with Crippen LogP contribution in [0.2, 0.25) is 0 Å². The topological polar surface area (TPSA) is 26.3 Å². The first-order valence-electron chi connectivity index (χ1n) is 8.49. The van der Waals surface area contributed by atoms with Crippen molar-refractivity contribution in [2.24, 2.45) is 0 Å². The molecule has 0 atom stereocenters. The van der Waals surface area contributed by atoms with Crippen LogP contribution in [0.15, 0.2) is 78.9 Å². The molecule has 26 heavy (non-hydrogen) atoms. The lowest BCUT2D eigenvalue weighted by Crippen LogP contribution is -2.04. The van der Waals surface area contributed by atoms with Crippen LogP contribution in [-0.2, 0) is 6.42 Å². The van der Waals surface area contributed by atoms with E-state index in [0.717, 1.165) is 26.9 Å². The van der Waals surface area contributed by atoms with Gasteiger partial charge in [-0.15, -0.1) is 11.3 Å². The largest absolute Gasteiger partial charge is 0.497 e. The van der Waals surface area contributed by atoms with E-state index in [1.165, 1.54) is 5.56 Å². The molecule has 0 amide bonds. The number of methoxy groups -OCH3 is 1. The highest BCUT2D eigenvalue weighted by molar-refractivity contribution is 7.19. The van der Waals surface area contributed by atoms with Gasteiger partial charge in [0, 0.05) is 32.5 Å². The number of thiophene rings is 1. The number of hydrogen-bond acceptors (Lipinski definition) is 3. The minimum Gasteiger partial charge on any atom is -0.497 e. The normalized spacial score (nSPS) is 10.8. The summed E-state index contributed by atoms with van der Waals surface area (Å²) in [6.07, 6.45) is 0.755. The molecule has 2 nitrogen and oxygen atoms in total. The van der Waals surface area contributed by atoms with Gasteiger partial charge in [0.15, 0.2) is 5.78 Å². The van der Waals surface area contributed by atoms with Crippen molar-refractivity contribution < 1.29 is 9.53 Å². The summed E-state index contributed by atoms with van der Waals surface area (Å²) in [5.74, 6) is 0.743. The standard InChI is InChI=1S/C23H18O2S/c1-25-18-11-7-10-17(15-18)23(24)22-19-12-5-6-13-20(19)26-21(22)14-16-8-3-2-4-9-16/h2-13,15H,14H2,1H3. The van der Waals surface area contributed by atoms with Crippen LogP contribution in [0, 0.1) is 0 Å². The Morgan fingerprint density at radius 3 is 2.50 bits per heavy atom. The van der Waals surface area contributed by atoms with Crippen molar-refractivity contribution in [3.8, 4) is 5.75 Å². The van der Waals surface area contributed by atoms with E-state index in [1.807, 2.05) is 54.6 Å². The summed E-state index contributed by atoms with van der Waals surface area (Å²) in [5.41, 5.74) is 2.67. The van der Waals surface area contributed by atoms with Crippen LogP contribution in [0.4, 0.5) is 0 Å². The summed E-state index contributed by atoms with van der Waals surface area (Å²) in [4.78, 5) is 14.5. The van der Waals surface area contributed by atoms with Crippen LogP contribution < -0.4 is 4.74 Å². The highest BCUT2D eigenvalue weighted by Crippen LogP contribution is 2.34. The van der Waals surface area contributed by atoms with E-state index in [2.05, 4.69) is 18.2 Å². The molecule has 4 aromatic rings. The van der Waals surface area contributed by atoms with Crippen molar-refractivity contribution >= 4 is 27.2 Å². The Labute approximate surface area is 156 Å². The Morgan fingerprint density at radius 2 is 1.69 bits per heavy atom. The van der Waals surface area contributed by atoms with Crippen LogP contribution in [-0.4, -0.2) is 12.9 Å². The maximum absolute atomic E-state index is 13.4. The first kappa shape index (κ1) is 16.6. The molecule has 0 saturated carbocycles. The monoisotopic (exact) mass is 358 g/mol. The molecule has 0 aliphatic carbocycles. The predicted octanol–water partition coefficient (Wildman–Crippen LogP) is 5.73. The highest BCUT2D eigenvalue weighted by Gasteiger charge is 2.20. The first-order valence-corrected chi connectivity index (χ1v) is 9.31. The molecule has 0 radical (unpaired) electrons. The SMILES string of the molecule is COc1cccc(C(=O)c2c(Cc3ccccc3)sc3ccccc23)c1. The summed E-state index contributed by atoms with van der Waals surface area (Å²) in [5, 5.41) is 1.02. The summed E-state index contributed by atoms with van der Waals surface area (Å²) in [7, 11) is 1.62. The van der Waals surface area contributed by atoms with E-state index in [9.17, 15) is 4.79 Å². The number of carbonyl (C=O) groups excluding carboxylic acids is 1. The summed E-state index contributed by atoms with van der Waals surface area (Å²) < 4.78 is 6.43. The quantitative estimate of drug-likeness (QED) is 0.426. The zero-order valence-electron chi connectivity index (χ0n) is 14.4. The summed E-state index contributed by atoms with van der Waals surface area (Å²) in [6, 6.07) is 25.8. The van der Waals surface area contributed by atoms with E-state index in [0.29, 0.717) is 11.3 Å². The molecular formula is C23H18O2S. The lowest BCUT2D eigenvalue weighted by atomic mass is 9.97. The first-order chi connectivity index (χ1) is 12.8. The second-order valence-corrected chi connectivity index (χ2v) is 7.26. The fourth-order valence-corrected chi connectivity index (χ4v) is 4.40. The van der Waals surface area contributed by atoms with Gasteiger partial charge in [-0.2, -0.15) is 0 Å². The average molecular weight is 358 g/mol. The van der Waals surface area contributed by atoms with Crippen LogP contribution in [0.1, 0.15) is 26.4 Å². The molecule has 0 aliphatic rings. The fourth-order valence-electron chi connectivity index (χ4n) is 3.16. The molecule has 3 heteroatoms. The van der Waals surface area contributed by atoms with Gasteiger partial charge >= 0.3 is 0 Å². The van der Waals surface area contributed by atoms with Gasteiger partial charge in [0.1, 0.15) is 5.75 Å². The molecule has 0 bridgehead atoms. The molecule has 0 spiro atoms. The number of ether oxygens (including phenoxy) is 1. The number of fused-ring (bicyclic) bond motifs is 1. The van der Waals surface area contributed by atoms with Crippen molar-refractivity contribution in [3.63, 3.8) is 0 Å². The van der Waals surface area contributed by atoms with Gasteiger partial charge in [-0.25, -0.2) is 0 Å². The van der Waals surface area contributed by atoms with Crippen LogP contribution in [0.3, 0.4) is 0 Å². The third-order valence-corrected chi connectivity index (χ3v) is 5.61.